The van der Waals surface area contributed by atoms with Gasteiger partial charge in [-0.25, -0.2) is 0 Å². The Morgan fingerprint density at radius 3 is 2.85 bits per heavy atom. The van der Waals surface area contributed by atoms with Crippen molar-refractivity contribution in [3.8, 4) is 0 Å². The fourth-order valence-electron chi connectivity index (χ4n) is 3.12. The number of rotatable bonds is 2. The molecule has 0 amide bonds. The zero-order valence-electron chi connectivity index (χ0n) is 8.21. The molecule has 2 heterocycles. The summed E-state index contributed by atoms with van der Waals surface area (Å²) in [6.07, 6.45) is 6.13. The summed E-state index contributed by atoms with van der Waals surface area (Å²) >= 11 is 0. The lowest BCUT2D eigenvalue weighted by Crippen LogP contribution is -2.46. The van der Waals surface area contributed by atoms with E-state index in [1.165, 1.54) is 32.4 Å². The van der Waals surface area contributed by atoms with Crippen LogP contribution >= 0.6 is 0 Å². The van der Waals surface area contributed by atoms with Gasteiger partial charge in [-0.2, -0.15) is 0 Å². The molecule has 1 saturated carbocycles. The van der Waals surface area contributed by atoms with Crippen LogP contribution < -0.4 is 0 Å². The Hall–Kier alpha value is -0.0800. The quantitative estimate of drug-likeness (QED) is 0.693. The van der Waals surface area contributed by atoms with Crippen LogP contribution in [0.15, 0.2) is 0 Å². The maximum atomic E-state index is 10.5. The van der Waals surface area contributed by atoms with Crippen LogP contribution in [0.2, 0.25) is 0 Å². The molecule has 0 aromatic carbocycles. The lowest BCUT2D eigenvalue weighted by molar-refractivity contribution is -0.0549. The number of aliphatic hydroxyl groups is 1. The van der Waals surface area contributed by atoms with Crippen molar-refractivity contribution in [2.24, 2.45) is 11.8 Å². The summed E-state index contributed by atoms with van der Waals surface area (Å²) in [5, 5.41) is 10.5. The van der Waals surface area contributed by atoms with Crippen molar-refractivity contribution < 1.29 is 5.11 Å². The summed E-state index contributed by atoms with van der Waals surface area (Å²) in [5.74, 6) is 1.47. The molecule has 0 aromatic heterocycles. The Morgan fingerprint density at radius 1 is 1.23 bits per heavy atom. The van der Waals surface area contributed by atoms with Crippen LogP contribution in [0.25, 0.3) is 0 Å². The van der Waals surface area contributed by atoms with Crippen LogP contribution in [0.1, 0.15) is 32.1 Å². The van der Waals surface area contributed by atoms with Gasteiger partial charge in [0, 0.05) is 19.0 Å². The predicted molar refractivity (Wildman–Crippen MR) is 51.5 cm³/mol. The molecule has 2 nitrogen and oxygen atoms in total. The van der Waals surface area contributed by atoms with Gasteiger partial charge in [-0.3, -0.25) is 0 Å². The number of hydrogen-bond donors (Lipinski definition) is 1. The van der Waals surface area contributed by atoms with Gasteiger partial charge in [-0.05, 0) is 31.7 Å². The van der Waals surface area contributed by atoms with Crippen molar-refractivity contribution in [1.82, 2.24) is 4.90 Å². The van der Waals surface area contributed by atoms with E-state index in [1.54, 1.807) is 0 Å². The molecular weight excluding hydrogens is 162 g/mol. The molecule has 3 atom stereocenters. The summed E-state index contributed by atoms with van der Waals surface area (Å²) in [6, 6.07) is 0. The van der Waals surface area contributed by atoms with E-state index < -0.39 is 0 Å². The molecule has 74 valence electrons. The summed E-state index contributed by atoms with van der Waals surface area (Å²) in [7, 11) is 0. The SMILES string of the molecule is OC1(CC2CC2)CCN2CCC1C2. The molecule has 0 aromatic rings. The molecular formula is C11H19NO. The molecule has 2 aliphatic heterocycles. The summed E-state index contributed by atoms with van der Waals surface area (Å²) < 4.78 is 0. The van der Waals surface area contributed by atoms with E-state index in [1.807, 2.05) is 0 Å². The number of fused-ring (bicyclic) bond motifs is 2. The molecule has 13 heavy (non-hydrogen) atoms. The maximum absolute atomic E-state index is 10.5. The van der Waals surface area contributed by atoms with E-state index in [0.717, 1.165) is 25.3 Å². The van der Waals surface area contributed by atoms with E-state index in [-0.39, 0.29) is 5.60 Å². The molecule has 2 bridgehead atoms. The van der Waals surface area contributed by atoms with Crippen LogP contribution in [-0.4, -0.2) is 35.2 Å². The Kier molecular flexibility index (Phi) is 1.72. The summed E-state index contributed by atoms with van der Waals surface area (Å²) in [4.78, 5) is 2.51. The van der Waals surface area contributed by atoms with E-state index in [0.29, 0.717) is 5.92 Å². The van der Waals surface area contributed by atoms with Crippen LogP contribution in [0.5, 0.6) is 0 Å². The minimum atomic E-state index is -0.270. The number of hydrogen-bond acceptors (Lipinski definition) is 2. The molecule has 2 heteroatoms. The van der Waals surface area contributed by atoms with Crippen molar-refractivity contribution in [1.29, 1.82) is 0 Å². The van der Waals surface area contributed by atoms with Gasteiger partial charge >= 0.3 is 0 Å². The third-order valence-corrected chi connectivity index (χ3v) is 4.23. The second-order valence-electron chi connectivity index (χ2n) is 5.29. The second-order valence-corrected chi connectivity index (χ2v) is 5.29. The van der Waals surface area contributed by atoms with Crippen molar-refractivity contribution in [2.45, 2.75) is 37.7 Å². The zero-order chi connectivity index (χ0) is 8.89. The smallest absolute Gasteiger partial charge is 0.0703 e. The highest BCUT2D eigenvalue weighted by Crippen LogP contribution is 2.45. The van der Waals surface area contributed by atoms with E-state index in [9.17, 15) is 5.11 Å². The van der Waals surface area contributed by atoms with E-state index in [2.05, 4.69) is 4.90 Å². The highest BCUT2D eigenvalue weighted by molar-refractivity contribution is 4.99. The average molecular weight is 181 g/mol. The average Bonchev–Trinajstić information content (AvgIpc) is 2.82. The molecule has 0 spiro atoms. The molecule has 3 aliphatic rings. The first-order valence-corrected chi connectivity index (χ1v) is 5.71. The molecule has 2 saturated heterocycles. The molecule has 1 N–H and O–H groups in total. The largest absolute Gasteiger partial charge is 0.389 e. The Balaban J connectivity index is 1.72. The van der Waals surface area contributed by atoms with Crippen molar-refractivity contribution in [2.75, 3.05) is 19.6 Å². The molecule has 3 fully saturated rings. The third-order valence-electron chi connectivity index (χ3n) is 4.23. The summed E-state index contributed by atoms with van der Waals surface area (Å²) in [5.41, 5.74) is -0.270. The first kappa shape index (κ1) is 8.25. The van der Waals surface area contributed by atoms with Gasteiger partial charge in [0.15, 0.2) is 0 Å². The van der Waals surface area contributed by atoms with Crippen LogP contribution in [0.3, 0.4) is 0 Å². The van der Waals surface area contributed by atoms with E-state index in [4.69, 9.17) is 0 Å². The summed E-state index contributed by atoms with van der Waals surface area (Å²) in [6.45, 7) is 3.54. The molecule has 0 radical (unpaired) electrons. The van der Waals surface area contributed by atoms with E-state index >= 15 is 0 Å². The monoisotopic (exact) mass is 181 g/mol. The lowest BCUT2D eigenvalue weighted by Gasteiger charge is -2.39. The molecule has 3 unspecified atom stereocenters. The van der Waals surface area contributed by atoms with Crippen LogP contribution in [-0.2, 0) is 0 Å². The van der Waals surface area contributed by atoms with Gasteiger partial charge in [0.05, 0.1) is 5.60 Å². The van der Waals surface area contributed by atoms with Crippen molar-refractivity contribution in [3.63, 3.8) is 0 Å². The highest BCUT2D eigenvalue weighted by Gasteiger charge is 2.47. The fourth-order valence-corrected chi connectivity index (χ4v) is 3.12. The zero-order valence-corrected chi connectivity index (χ0v) is 8.21. The van der Waals surface area contributed by atoms with Crippen LogP contribution in [0.4, 0.5) is 0 Å². The first-order chi connectivity index (χ1) is 6.26. The molecule has 1 aliphatic carbocycles. The maximum Gasteiger partial charge on any atom is 0.0703 e. The highest BCUT2D eigenvalue weighted by atomic mass is 16.3. The van der Waals surface area contributed by atoms with Gasteiger partial charge in [0.25, 0.3) is 0 Å². The number of nitrogens with zero attached hydrogens (tertiary/aromatic N) is 1. The molecule has 3 rings (SSSR count). The Morgan fingerprint density at radius 2 is 2.08 bits per heavy atom. The normalized spacial score (nSPS) is 49.6. The number of piperidine rings is 1. The second kappa shape index (κ2) is 2.71. The Bertz CT molecular complexity index is 214. The van der Waals surface area contributed by atoms with Gasteiger partial charge in [0.2, 0.25) is 0 Å². The van der Waals surface area contributed by atoms with Gasteiger partial charge in [-0.1, -0.05) is 12.8 Å². The van der Waals surface area contributed by atoms with Gasteiger partial charge in [0.1, 0.15) is 0 Å². The lowest BCUT2D eigenvalue weighted by atomic mass is 9.78. The van der Waals surface area contributed by atoms with Gasteiger partial charge < -0.3 is 10.0 Å². The predicted octanol–water partition coefficient (Wildman–Crippen LogP) is 1.24. The standard InChI is InChI=1S/C11H19NO/c13-11(7-9-1-2-9)4-6-12-5-3-10(11)8-12/h9-10,13H,1-8H2. The topological polar surface area (TPSA) is 23.5 Å². The first-order valence-electron chi connectivity index (χ1n) is 5.71. The minimum Gasteiger partial charge on any atom is -0.389 e. The Labute approximate surface area is 79.9 Å². The third kappa shape index (κ3) is 1.40. The van der Waals surface area contributed by atoms with Crippen molar-refractivity contribution >= 4 is 0 Å². The minimum absolute atomic E-state index is 0.270. The van der Waals surface area contributed by atoms with Crippen molar-refractivity contribution in [3.05, 3.63) is 0 Å². The fraction of sp³-hybridized carbons (Fsp3) is 1.00. The van der Waals surface area contributed by atoms with Crippen LogP contribution in [0, 0.1) is 11.8 Å². The van der Waals surface area contributed by atoms with Gasteiger partial charge in [-0.15, -0.1) is 0 Å².